The van der Waals surface area contributed by atoms with Crippen LogP contribution < -0.4 is 11.1 Å². The van der Waals surface area contributed by atoms with Crippen molar-refractivity contribution in [3.05, 3.63) is 23.8 Å². The van der Waals surface area contributed by atoms with Crippen molar-refractivity contribution in [1.82, 2.24) is 0 Å². The lowest BCUT2D eigenvalue weighted by atomic mass is 10.2. The summed E-state index contributed by atoms with van der Waals surface area (Å²) in [6.07, 6.45) is 0.135. The van der Waals surface area contributed by atoms with E-state index in [1.807, 2.05) is 19.1 Å². The Labute approximate surface area is 95.7 Å². The summed E-state index contributed by atoms with van der Waals surface area (Å²) >= 11 is 0. The van der Waals surface area contributed by atoms with Crippen LogP contribution in [0.15, 0.2) is 18.2 Å². The maximum atomic E-state index is 5.77. The van der Waals surface area contributed by atoms with Crippen LogP contribution in [0.3, 0.4) is 0 Å². The van der Waals surface area contributed by atoms with Gasteiger partial charge in [-0.2, -0.15) is 0 Å². The summed E-state index contributed by atoms with van der Waals surface area (Å²) in [5, 5.41) is 3.31. The molecule has 1 unspecified atom stereocenters. The van der Waals surface area contributed by atoms with Gasteiger partial charge in [-0.05, 0) is 30.7 Å². The maximum Gasteiger partial charge on any atom is 0.0981 e. The average molecular weight is 222 g/mol. The van der Waals surface area contributed by atoms with E-state index >= 15 is 0 Å². The number of aryl methyl sites for hydroxylation is 1. The topological polar surface area (TPSA) is 56.5 Å². The molecule has 4 heteroatoms. The third-order valence-electron chi connectivity index (χ3n) is 2.52. The molecule has 0 aliphatic carbocycles. The van der Waals surface area contributed by atoms with Gasteiger partial charge in [-0.15, -0.1) is 0 Å². The van der Waals surface area contributed by atoms with Crippen molar-refractivity contribution in [2.75, 3.05) is 37.4 Å². The molecule has 88 valence electrons. The highest BCUT2D eigenvalue weighted by Crippen LogP contribution is 2.16. The van der Waals surface area contributed by atoms with E-state index in [1.165, 1.54) is 0 Å². The molecule has 1 fully saturated rings. The fraction of sp³-hybridized carbons (Fsp3) is 0.500. The van der Waals surface area contributed by atoms with E-state index in [4.69, 9.17) is 15.2 Å². The molecule has 1 aromatic carbocycles. The fourth-order valence-electron chi connectivity index (χ4n) is 1.80. The Kier molecular flexibility index (Phi) is 3.64. The SMILES string of the molecule is Cc1cc(N)cc(NCC2COCCO2)c1. The van der Waals surface area contributed by atoms with Crippen LogP contribution in [0.1, 0.15) is 5.56 Å². The summed E-state index contributed by atoms with van der Waals surface area (Å²) in [6, 6.07) is 5.95. The van der Waals surface area contributed by atoms with Crippen LogP contribution in [0, 0.1) is 6.92 Å². The minimum absolute atomic E-state index is 0.135. The van der Waals surface area contributed by atoms with Crippen LogP contribution >= 0.6 is 0 Å². The Morgan fingerprint density at radius 1 is 1.38 bits per heavy atom. The maximum absolute atomic E-state index is 5.77. The quantitative estimate of drug-likeness (QED) is 0.759. The average Bonchev–Trinajstić information content (AvgIpc) is 2.27. The molecule has 0 aromatic heterocycles. The highest BCUT2D eigenvalue weighted by Gasteiger charge is 2.13. The number of ether oxygens (including phenoxy) is 2. The lowest BCUT2D eigenvalue weighted by molar-refractivity contribution is -0.0818. The van der Waals surface area contributed by atoms with Crippen molar-refractivity contribution >= 4 is 11.4 Å². The van der Waals surface area contributed by atoms with Gasteiger partial charge in [0.25, 0.3) is 0 Å². The van der Waals surface area contributed by atoms with E-state index in [9.17, 15) is 0 Å². The number of benzene rings is 1. The molecule has 0 saturated carbocycles. The van der Waals surface area contributed by atoms with Crippen LogP contribution in [-0.4, -0.2) is 32.5 Å². The third-order valence-corrected chi connectivity index (χ3v) is 2.52. The minimum atomic E-state index is 0.135. The van der Waals surface area contributed by atoms with Gasteiger partial charge in [0.05, 0.1) is 25.9 Å². The zero-order valence-corrected chi connectivity index (χ0v) is 9.53. The molecule has 0 amide bonds. The second kappa shape index (κ2) is 5.18. The molecule has 4 nitrogen and oxygen atoms in total. The lowest BCUT2D eigenvalue weighted by Gasteiger charge is -2.23. The second-order valence-corrected chi connectivity index (χ2v) is 4.08. The van der Waals surface area contributed by atoms with Crippen molar-refractivity contribution in [3.8, 4) is 0 Å². The first-order valence-corrected chi connectivity index (χ1v) is 5.54. The van der Waals surface area contributed by atoms with E-state index in [1.54, 1.807) is 0 Å². The molecular formula is C12H18N2O2. The first-order chi connectivity index (χ1) is 7.74. The Morgan fingerprint density at radius 2 is 2.25 bits per heavy atom. The number of nitrogens with two attached hydrogens (primary N) is 1. The molecule has 0 radical (unpaired) electrons. The van der Waals surface area contributed by atoms with Crippen LogP contribution in [0.5, 0.6) is 0 Å². The molecule has 1 aliphatic rings. The second-order valence-electron chi connectivity index (χ2n) is 4.08. The summed E-state index contributed by atoms with van der Waals surface area (Å²) in [6.45, 7) is 4.83. The Bertz CT molecular complexity index is 329. The molecule has 1 saturated heterocycles. The molecule has 0 spiro atoms. The molecular weight excluding hydrogens is 204 g/mol. The molecule has 1 aliphatic heterocycles. The summed E-state index contributed by atoms with van der Waals surface area (Å²) < 4.78 is 10.9. The van der Waals surface area contributed by atoms with Crippen molar-refractivity contribution < 1.29 is 9.47 Å². The summed E-state index contributed by atoms with van der Waals surface area (Å²) in [5.74, 6) is 0. The monoisotopic (exact) mass is 222 g/mol. The molecule has 1 aromatic rings. The normalized spacial score (nSPS) is 20.7. The summed E-state index contributed by atoms with van der Waals surface area (Å²) in [4.78, 5) is 0. The van der Waals surface area contributed by atoms with Crippen molar-refractivity contribution in [1.29, 1.82) is 0 Å². The number of hydrogen-bond donors (Lipinski definition) is 2. The number of nitrogens with one attached hydrogen (secondary N) is 1. The minimum Gasteiger partial charge on any atom is -0.399 e. The van der Waals surface area contributed by atoms with Crippen molar-refractivity contribution in [2.45, 2.75) is 13.0 Å². The van der Waals surface area contributed by atoms with Gasteiger partial charge in [0.2, 0.25) is 0 Å². The zero-order valence-electron chi connectivity index (χ0n) is 9.53. The lowest BCUT2D eigenvalue weighted by Crippen LogP contribution is -2.34. The van der Waals surface area contributed by atoms with Crippen LogP contribution in [-0.2, 0) is 9.47 Å². The van der Waals surface area contributed by atoms with Crippen molar-refractivity contribution in [3.63, 3.8) is 0 Å². The van der Waals surface area contributed by atoms with Gasteiger partial charge in [0, 0.05) is 17.9 Å². The number of hydrogen-bond acceptors (Lipinski definition) is 4. The van der Waals surface area contributed by atoms with E-state index < -0.39 is 0 Å². The van der Waals surface area contributed by atoms with E-state index in [0.717, 1.165) is 23.5 Å². The van der Waals surface area contributed by atoms with Gasteiger partial charge in [-0.25, -0.2) is 0 Å². The predicted octanol–water partition coefficient (Wildman–Crippen LogP) is 1.40. The summed E-state index contributed by atoms with van der Waals surface area (Å²) in [5.41, 5.74) is 8.74. The van der Waals surface area contributed by atoms with E-state index in [-0.39, 0.29) is 6.10 Å². The first kappa shape index (κ1) is 11.2. The molecule has 2 rings (SSSR count). The van der Waals surface area contributed by atoms with Gasteiger partial charge in [0.15, 0.2) is 0 Å². The first-order valence-electron chi connectivity index (χ1n) is 5.54. The zero-order chi connectivity index (χ0) is 11.4. The van der Waals surface area contributed by atoms with Gasteiger partial charge < -0.3 is 20.5 Å². The Hall–Kier alpha value is -1.26. The number of anilines is 2. The fourth-order valence-corrected chi connectivity index (χ4v) is 1.80. The van der Waals surface area contributed by atoms with E-state index in [2.05, 4.69) is 11.4 Å². The Balaban J connectivity index is 1.88. The Morgan fingerprint density at radius 3 is 2.94 bits per heavy atom. The van der Waals surface area contributed by atoms with Crippen LogP contribution in [0.4, 0.5) is 11.4 Å². The highest BCUT2D eigenvalue weighted by atomic mass is 16.6. The van der Waals surface area contributed by atoms with Crippen molar-refractivity contribution in [2.24, 2.45) is 0 Å². The molecule has 0 bridgehead atoms. The van der Waals surface area contributed by atoms with Gasteiger partial charge >= 0.3 is 0 Å². The van der Waals surface area contributed by atoms with Gasteiger partial charge in [-0.1, -0.05) is 0 Å². The smallest absolute Gasteiger partial charge is 0.0981 e. The van der Waals surface area contributed by atoms with Gasteiger partial charge in [-0.3, -0.25) is 0 Å². The standard InChI is InChI=1S/C12H18N2O2/c1-9-4-10(13)6-11(5-9)14-7-12-8-15-2-3-16-12/h4-6,12,14H,2-3,7-8,13H2,1H3. The number of nitrogen functional groups attached to an aromatic ring is 1. The highest BCUT2D eigenvalue weighted by molar-refractivity contribution is 5.56. The summed E-state index contributed by atoms with van der Waals surface area (Å²) in [7, 11) is 0. The van der Waals surface area contributed by atoms with Gasteiger partial charge in [0.1, 0.15) is 0 Å². The largest absolute Gasteiger partial charge is 0.399 e. The molecule has 16 heavy (non-hydrogen) atoms. The molecule has 1 heterocycles. The van der Waals surface area contributed by atoms with Crippen LogP contribution in [0.2, 0.25) is 0 Å². The number of rotatable bonds is 3. The predicted molar refractivity (Wildman–Crippen MR) is 64.6 cm³/mol. The third kappa shape index (κ3) is 3.12. The molecule has 1 atom stereocenters. The van der Waals surface area contributed by atoms with E-state index in [0.29, 0.717) is 19.8 Å². The molecule has 3 N–H and O–H groups in total. The van der Waals surface area contributed by atoms with Crippen LogP contribution in [0.25, 0.3) is 0 Å².